The SMILES string of the molecule is CCCCCCCCCC(O)CC(O)CC(O)CC(O)CC. The van der Waals surface area contributed by atoms with Crippen LogP contribution in [0.2, 0.25) is 0 Å². The summed E-state index contributed by atoms with van der Waals surface area (Å²) in [5.74, 6) is 0. The Morgan fingerprint density at radius 3 is 1.55 bits per heavy atom. The zero-order chi connectivity index (χ0) is 16.8. The first-order valence-corrected chi connectivity index (χ1v) is 9.21. The van der Waals surface area contributed by atoms with Crippen LogP contribution in [0.25, 0.3) is 0 Å². The van der Waals surface area contributed by atoms with Crippen molar-refractivity contribution in [1.82, 2.24) is 0 Å². The van der Waals surface area contributed by atoms with Gasteiger partial charge in [0.2, 0.25) is 0 Å². The molecule has 0 aliphatic heterocycles. The van der Waals surface area contributed by atoms with E-state index in [0.29, 0.717) is 19.3 Å². The van der Waals surface area contributed by atoms with E-state index in [2.05, 4.69) is 6.92 Å². The summed E-state index contributed by atoms with van der Waals surface area (Å²) in [5, 5.41) is 39.0. The van der Waals surface area contributed by atoms with E-state index < -0.39 is 24.4 Å². The Balaban J connectivity index is 3.58. The Kier molecular flexibility index (Phi) is 14.3. The van der Waals surface area contributed by atoms with Crippen LogP contribution >= 0.6 is 0 Å². The van der Waals surface area contributed by atoms with Gasteiger partial charge in [-0.25, -0.2) is 0 Å². The van der Waals surface area contributed by atoms with Crippen molar-refractivity contribution in [2.24, 2.45) is 0 Å². The molecular formula is C18H38O4. The minimum atomic E-state index is -0.698. The highest BCUT2D eigenvalue weighted by atomic mass is 16.3. The van der Waals surface area contributed by atoms with Gasteiger partial charge in [0.1, 0.15) is 0 Å². The van der Waals surface area contributed by atoms with Crippen molar-refractivity contribution in [3.63, 3.8) is 0 Å². The lowest BCUT2D eigenvalue weighted by Gasteiger charge is -2.20. The van der Waals surface area contributed by atoms with Crippen LogP contribution in [0.15, 0.2) is 0 Å². The predicted octanol–water partition coefficient (Wildman–Crippen LogP) is 3.15. The largest absolute Gasteiger partial charge is 0.393 e. The smallest absolute Gasteiger partial charge is 0.0589 e. The molecule has 0 saturated carbocycles. The van der Waals surface area contributed by atoms with E-state index in [-0.39, 0.29) is 6.42 Å². The molecule has 0 aromatic carbocycles. The molecule has 4 nitrogen and oxygen atoms in total. The van der Waals surface area contributed by atoms with Gasteiger partial charge in [-0.15, -0.1) is 0 Å². The van der Waals surface area contributed by atoms with Crippen molar-refractivity contribution in [3.05, 3.63) is 0 Å². The van der Waals surface area contributed by atoms with Crippen LogP contribution in [0.5, 0.6) is 0 Å². The fourth-order valence-electron chi connectivity index (χ4n) is 2.76. The highest BCUT2D eigenvalue weighted by Crippen LogP contribution is 2.15. The van der Waals surface area contributed by atoms with Crippen LogP contribution in [0.4, 0.5) is 0 Å². The molecule has 134 valence electrons. The van der Waals surface area contributed by atoms with Gasteiger partial charge in [0.25, 0.3) is 0 Å². The summed E-state index contributed by atoms with van der Waals surface area (Å²) in [5.41, 5.74) is 0. The van der Waals surface area contributed by atoms with Crippen molar-refractivity contribution in [2.75, 3.05) is 0 Å². The lowest BCUT2D eigenvalue weighted by Crippen LogP contribution is -2.25. The minimum Gasteiger partial charge on any atom is -0.393 e. The molecule has 0 spiro atoms. The topological polar surface area (TPSA) is 80.9 Å². The number of aliphatic hydroxyl groups is 4. The first-order chi connectivity index (χ1) is 10.5. The van der Waals surface area contributed by atoms with Crippen LogP contribution in [0.3, 0.4) is 0 Å². The molecule has 0 bridgehead atoms. The van der Waals surface area contributed by atoms with Gasteiger partial charge in [-0.1, -0.05) is 58.8 Å². The van der Waals surface area contributed by atoms with Gasteiger partial charge in [-0.05, 0) is 32.1 Å². The number of rotatable bonds is 15. The Morgan fingerprint density at radius 2 is 1.00 bits per heavy atom. The third-order valence-electron chi connectivity index (χ3n) is 4.24. The third kappa shape index (κ3) is 13.5. The molecule has 0 aromatic rings. The summed E-state index contributed by atoms with van der Waals surface area (Å²) in [6.07, 6.45) is 8.28. The molecule has 0 fully saturated rings. The molecule has 4 heteroatoms. The lowest BCUT2D eigenvalue weighted by atomic mass is 9.98. The van der Waals surface area contributed by atoms with Crippen molar-refractivity contribution >= 4 is 0 Å². The molecule has 4 unspecified atom stereocenters. The Labute approximate surface area is 136 Å². The molecule has 0 radical (unpaired) electrons. The summed E-state index contributed by atoms with van der Waals surface area (Å²) in [4.78, 5) is 0. The van der Waals surface area contributed by atoms with Gasteiger partial charge in [0, 0.05) is 0 Å². The van der Waals surface area contributed by atoms with Gasteiger partial charge < -0.3 is 20.4 Å². The number of hydrogen-bond donors (Lipinski definition) is 4. The van der Waals surface area contributed by atoms with Crippen LogP contribution in [0.1, 0.15) is 90.9 Å². The second-order valence-corrected chi connectivity index (χ2v) is 6.64. The molecule has 0 saturated heterocycles. The lowest BCUT2D eigenvalue weighted by molar-refractivity contribution is 0.0165. The van der Waals surface area contributed by atoms with Crippen molar-refractivity contribution < 1.29 is 20.4 Å². The van der Waals surface area contributed by atoms with Gasteiger partial charge in [0.05, 0.1) is 24.4 Å². The van der Waals surface area contributed by atoms with Crippen LogP contribution in [-0.2, 0) is 0 Å². The number of aliphatic hydroxyl groups excluding tert-OH is 4. The zero-order valence-electron chi connectivity index (χ0n) is 14.6. The number of hydrogen-bond acceptors (Lipinski definition) is 4. The first kappa shape index (κ1) is 21.8. The molecule has 0 aliphatic rings. The molecular weight excluding hydrogens is 280 g/mol. The molecule has 0 amide bonds. The molecule has 0 aliphatic carbocycles. The molecule has 22 heavy (non-hydrogen) atoms. The maximum absolute atomic E-state index is 9.91. The van der Waals surface area contributed by atoms with Crippen molar-refractivity contribution in [3.8, 4) is 0 Å². The summed E-state index contributed by atoms with van der Waals surface area (Å²) in [6, 6.07) is 0. The average molecular weight is 318 g/mol. The van der Waals surface area contributed by atoms with Crippen LogP contribution < -0.4 is 0 Å². The van der Waals surface area contributed by atoms with Gasteiger partial charge in [-0.3, -0.25) is 0 Å². The second kappa shape index (κ2) is 14.4. The van der Waals surface area contributed by atoms with Gasteiger partial charge in [0.15, 0.2) is 0 Å². The number of unbranched alkanes of at least 4 members (excludes halogenated alkanes) is 6. The Hall–Kier alpha value is -0.160. The second-order valence-electron chi connectivity index (χ2n) is 6.64. The highest BCUT2D eigenvalue weighted by molar-refractivity contribution is 4.70. The monoisotopic (exact) mass is 318 g/mol. The summed E-state index contributed by atoms with van der Waals surface area (Å²) >= 11 is 0. The molecule has 0 rings (SSSR count). The first-order valence-electron chi connectivity index (χ1n) is 9.21. The highest BCUT2D eigenvalue weighted by Gasteiger charge is 2.18. The third-order valence-corrected chi connectivity index (χ3v) is 4.24. The van der Waals surface area contributed by atoms with Crippen LogP contribution in [0, 0.1) is 0 Å². The van der Waals surface area contributed by atoms with E-state index in [4.69, 9.17) is 0 Å². The molecule has 0 heterocycles. The van der Waals surface area contributed by atoms with Gasteiger partial charge >= 0.3 is 0 Å². The van der Waals surface area contributed by atoms with E-state index in [0.717, 1.165) is 19.3 Å². The van der Waals surface area contributed by atoms with Crippen molar-refractivity contribution in [1.29, 1.82) is 0 Å². The maximum Gasteiger partial charge on any atom is 0.0589 e. The maximum atomic E-state index is 9.91. The normalized spacial score (nSPS) is 17.2. The standard InChI is InChI=1S/C18H38O4/c1-3-5-6-7-8-9-10-11-16(20)13-18(22)14-17(21)12-15(19)4-2/h15-22H,3-14H2,1-2H3. The molecule has 0 aromatic heterocycles. The average Bonchev–Trinajstić information content (AvgIpc) is 2.45. The molecule has 4 N–H and O–H groups in total. The summed E-state index contributed by atoms with van der Waals surface area (Å²) in [7, 11) is 0. The zero-order valence-corrected chi connectivity index (χ0v) is 14.6. The minimum absolute atomic E-state index is 0.227. The van der Waals surface area contributed by atoms with Crippen LogP contribution in [-0.4, -0.2) is 44.8 Å². The van der Waals surface area contributed by atoms with Gasteiger partial charge in [-0.2, -0.15) is 0 Å². The van der Waals surface area contributed by atoms with E-state index in [9.17, 15) is 20.4 Å². The van der Waals surface area contributed by atoms with E-state index in [1.165, 1.54) is 32.1 Å². The fraction of sp³-hybridized carbons (Fsp3) is 1.00. The summed E-state index contributed by atoms with van der Waals surface area (Å²) < 4.78 is 0. The quantitative estimate of drug-likeness (QED) is 0.350. The Bertz CT molecular complexity index is 235. The van der Waals surface area contributed by atoms with Crippen molar-refractivity contribution in [2.45, 2.75) is 115 Å². The van der Waals surface area contributed by atoms with E-state index in [1.54, 1.807) is 0 Å². The Morgan fingerprint density at radius 1 is 0.545 bits per heavy atom. The van der Waals surface area contributed by atoms with E-state index in [1.807, 2.05) is 6.92 Å². The van der Waals surface area contributed by atoms with E-state index >= 15 is 0 Å². The fourth-order valence-corrected chi connectivity index (χ4v) is 2.76. The summed E-state index contributed by atoms with van der Waals surface area (Å²) in [6.45, 7) is 4.07. The predicted molar refractivity (Wildman–Crippen MR) is 90.8 cm³/mol. The molecule has 4 atom stereocenters.